The van der Waals surface area contributed by atoms with E-state index in [0.717, 1.165) is 18.8 Å². The zero-order valence-electron chi connectivity index (χ0n) is 8.98. The molecule has 4 heteroatoms. The Morgan fingerprint density at radius 3 is 2.67 bits per heavy atom. The van der Waals surface area contributed by atoms with Crippen molar-refractivity contribution in [1.82, 2.24) is 4.98 Å². The molecule has 1 aliphatic rings. The van der Waals surface area contributed by atoms with Crippen molar-refractivity contribution in [1.29, 1.82) is 0 Å². The Hall–Kier alpha value is -1.16. The van der Waals surface area contributed by atoms with Gasteiger partial charge in [0, 0.05) is 31.0 Å². The summed E-state index contributed by atoms with van der Waals surface area (Å²) in [5, 5.41) is 0. The second kappa shape index (κ2) is 4.14. The van der Waals surface area contributed by atoms with E-state index >= 15 is 0 Å². The van der Waals surface area contributed by atoms with E-state index in [9.17, 15) is 4.39 Å². The van der Waals surface area contributed by atoms with E-state index in [-0.39, 0.29) is 12.2 Å². The van der Waals surface area contributed by atoms with E-state index in [1.165, 1.54) is 12.3 Å². The van der Waals surface area contributed by atoms with Crippen LogP contribution in [0.1, 0.15) is 13.8 Å². The lowest BCUT2D eigenvalue weighted by atomic mass is 10.2. The molecule has 0 N–H and O–H groups in total. The summed E-state index contributed by atoms with van der Waals surface area (Å²) in [6.07, 6.45) is 1.87. The van der Waals surface area contributed by atoms with Crippen molar-refractivity contribution >= 4 is 5.69 Å². The molecule has 82 valence electrons. The number of anilines is 1. The van der Waals surface area contributed by atoms with E-state index < -0.39 is 5.95 Å². The number of hydrogen-bond acceptors (Lipinski definition) is 3. The summed E-state index contributed by atoms with van der Waals surface area (Å²) >= 11 is 0. The monoisotopic (exact) mass is 210 g/mol. The van der Waals surface area contributed by atoms with Gasteiger partial charge >= 0.3 is 0 Å². The molecule has 0 spiro atoms. The minimum atomic E-state index is -0.431. The van der Waals surface area contributed by atoms with Crippen molar-refractivity contribution in [2.24, 2.45) is 0 Å². The van der Waals surface area contributed by atoms with Gasteiger partial charge in [-0.05, 0) is 19.9 Å². The first-order valence-corrected chi connectivity index (χ1v) is 5.17. The largest absolute Gasteiger partial charge is 0.372 e. The average molecular weight is 210 g/mol. The summed E-state index contributed by atoms with van der Waals surface area (Å²) < 4.78 is 18.6. The van der Waals surface area contributed by atoms with E-state index in [0.29, 0.717) is 0 Å². The van der Waals surface area contributed by atoms with Crippen LogP contribution in [-0.2, 0) is 4.74 Å². The molecule has 1 saturated heterocycles. The Kier molecular flexibility index (Phi) is 2.86. The topological polar surface area (TPSA) is 25.4 Å². The van der Waals surface area contributed by atoms with Crippen LogP contribution in [0.3, 0.4) is 0 Å². The summed E-state index contributed by atoms with van der Waals surface area (Å²) in [6, 6.07) is 3.29. The molecule has 2 atom stereocenters. The lowest BCUT2D eigenvalue weighted by Gasteiger charge is -2.36. The summed E-state index contributed by atoms with van der Waals surface area (Å²) in [6.45, 7) is 5.65. The van der Waals surface area contributed by atoms with Crippen LogP contribution in [0.25, 0.3) is 0 Å². The Morgan fingerprint density at radius 1 is 1.40 bits per heavy atom. The van der Waals surface area contributed by atoms with Gasteiger partial charge < -0.3 is 9.64 Å². The first kappa shape index (κ1) is 10.4. The van der Waals surface area contributed by atoms with Crippen LogP contribution in [0.5, 0.6) is 0 Å². The molecule has 1 aliphatic heterocycles. The number of morpholine rings is 1. The highest BCUT2D eigenvalue weighted by Gasteiger charge is 2.22. The van der Waals surface area contributed by atoms with Crippen LogP contribution in [0.2, 0.25) is 0 Å². The van der Waals surface area contributed by atoms with Crippen LogP contribution in [0, 0.1) is 5.95 Å². The fourth-order valence-electron chi connectivity index (χ4n) is 1.98. The molecule has 1 aromatic heterocycles. The lowest BCUT2D eigenvalue weighted by Crippen LogP contribution is -2.45. The number of rotatable bonds is 1. The van der Waals surface area contributed by atoms with Gasteiger partial charge in [0.2, 0.25) is 5.95 Å². The summed E-state index contributed by atoms with van der Waals surface area (Å²) in [7, 11) is 0. The third-order valence-corrected chi connectivity index (χ3v) is 2.49. The highest BCUT2D eigenvalue weighted by atomic mass is 19.1. The highest BCUT2D eigenvalue weighted by Crippen LogP contribution is 2.19. The number of pyridine rings is 1. The first-order valence-electron chi connectivity index (χ1n) is 5.17. The molecule has 0 saturated carbocycles. The fourth-order valence-corrected chi connectivity index (χ4v) is 1.98. The second-order valence-corrected chi connectivity index (χ2v) is 4.00. The van der Waals surface area contributed by atoms with Gasteiger partial charge in [-0.15, -0.1) is 0 Å². The van der Waals surface area contributed by atoms with Crippen LogP contribution in [-0.4, -0.2) is 30.3 Å². The zero-order chi connectivity index (χ0) is 10.8. The van der Waals surface area contributed by atoms with Crippen LogP contribution in [0.4, 0.5) is 10.1 Å². The molecule has 0 bridgehead atoms. The smallest absolute Gasteiger partial charge is 0.214 e. The molecule has 3 nitrogen and oxygen atoms in total. The maximum Gasteiger partial charge on any atom is 0.214 e. The van der Waals surface area contributed by atoms with E-state index in [4.69, 9.17) is 4.74 Å². The molecule has 1 aromatic rings. The predicted molar refractivity (Wildman–Crippen MR) is 56.4 cm³/mol. The maximum absolute atomic E-state index is 12.9. The van der Waals surface area contributed by atoms with Crippen LogP contribution < -0.4 is 4.90 Å². The SMILES string of the molecule is C[C@H]1CN(c2ccnc(F)c2)C[C@H](C)O1. The van der Waals surface area contributed by atoms with Gasteiger partial charge in [0.05, 0.1) is 12.2 Å². The molecule has 0 amide bonds. The van der Waals surface area contributed by atoms with E-state index in [2.05, 4.69) is 9.88 Å². The molecule has 0 aromatic carbocycles. The molecule has 0 unspecified atom stereocenters. The van der Waals surface area contributed by atoms with Crippen LogP contribution in [0.15, 0.2) is 18.3 Å². The summed E-state index contributed by atoms with van der Waals surface area (Å²) in [5.41, 5.74) is 0.879. The molecule has 2 heterocycles. The van der Waals surface area contributed by atoms with Gasteiger partial charge in [0.1, 0.15) is 0 Å². The molecule has 15 heavy (non-hydrogen) atoms. The molecular formula is C11H15FN2O. The minimum Gasteiger partial charge on any atom is -0.372 e. The van der Waals surface area contributed by atoms with Crippen molar-refractivity contribution in [3.63, 3.8) is 0 Å². The second-order valence-electron chi connectivity index (χ2n) is 4.00. The van der Waals surface area contributed by atoms with Gasteiger partial charge in [-0.2, -0.15) is 4.39 Å². The van der Waals surface area contributed by atoms with Gasteiger partial charge in [0.25, 0.3) is 0 Å². The van der Waals surface area contributed by atoms with Crippen molar-refractivity contribution < 1.29 is 9.13 Å². The Balaban J connectivity index is 2.16. The third-order valence-electron chi connectivity index (χ3n) is 2.49. The molecule has 1 fully saturated rings. The molecule has 0 radical (unpaired) electrons. The predicted octanol–water partition coefficient (Wildman–Crippen LogP) is 1.83. The number of nitrogens with zero attached hydrogens (tertiary/aromatic N) is 2. The first-order chi connectivity index (χ1) is 7.15. The minimum absolute atomic E-state index is 0.185. The number of halogens is 1. The van der Waals surface area contributed by atoms with Gasteiger partial charge in [-0.1, -0.05) is 0 Å². The zero-order valence-corrected chi connectivity index (χ0v) is 8.98. The normalized spacial score (nSPS) is 26.7. The Labute approximate surface area is 88.9 Å². The Bertz CT molecular complexity index is 335. The van der Waals surface area contributed by atoms with Crippen molar-refractivity contribution in [3.8, 4) is 0 Å². The highest BCUT2D eigenvalue weighted by molar-refractivity contribution is 5.45. The third kappa shape index (κ3) is 2.45. The van der Waals surface area contributed by atoms with Crippen LogP contribution >= 0.6 is 0 Å². The average Bonchev–Trinajstić information content (AvgIpc) is 2.16. The standard InChI is InChI=1S/C11H15FN2O/c1-8-6-14(7-9(2)15-8)10-3-4-13-11(12)5-10/h3-5,8-9H,6-7H2,1-2H3/t8-,9-/m0/s1. The van der Waals surface area contributed by atoms with Gasteiger partial charge in [0.15, 0.2) is 0 Å². The van der Waals surface area contributed by atoms with Crippen molar-refractivity contribution in [3.05, 3.63) is 24.3 Å². The fraction of sp³-hybridized carbons (Fsp3) is 0.545. The van der Waals surface area contributed by atoms with Crippen molar-refractivity contribution in [2.75, 3.05) is 18.0 Å². The molecule has 2 rings (SSSR count). The number of aromatic nitrogens is 1. The van der Waals surface area contributed by atoms with Gasteiger partial charge in [-0.3, -0.25) is 0 Å². The number of hydrogen-bond donors (Lipinski definition) is 0. The van der Waals surface area contributed by atoms with E-state index in [1.54, 1.807) is 0 Å². The summed E-state index contributed by atoms with van der Waals surface area (Å²) in [5.74, 6) is -0.431. The molecular weight excluding hydrogens is 195 g/mol. The lowest BCUT2D eigenvalue weighted by molar-refractivity contribution is -0.00524. The maximum atomic E-state index is 12.9. The Morgan fingerprint density at radius 2 is 2.07 bits per heavy atom. The molecule has 0 aliphatic carbocycles. The number of ether oxygens (including phenoxy) is 1. The van der Waals surface area contributed by atoms with Crippen molar-refractivity contribution in [2.45, 2.75) is 26.1 Å². The van der Waals surface area contributed by atoms with Gasteiger partial charge in [-0.25, -0.2) is 4.98 Å². The summed E-state index contributed by atoms with van der Waals surface area (Å²) in [4.78, 5) is 5.68. The quantitative estimate of drug-likeness (QED) is 0.661. The van der Waals surface area contributed by atoms with E-state index in [1.807, 2.05) is 19.9 Å².